The van der Waals surface area contributed by atoms with E-state index in [9.17, 15) is 0 Å². The van der Waals surface area contributed by atoms with Gasteiger partial charge in [0.05, 0.1) is 7.11 Å². The molecule has 0 unspecified atom stereocenters. The second-order valence-corrected chi connectivity index (χ2v) is 5.16. The molecule has 2 nitrogen and oxygen atoms in total. The number of benzene rings is 1. The van der Waals surface area contributed by atoms with E-state index < -0.39 is 0 Å². The van der Waals surface area contributed by atoms with Crippen LogP contribution in [0.1, 0.15) is 36.0 Å². The summed E-state index contributed by atoms with van der Waals surface area (Å²) < 4.78 is 5.54. The lowest BCUT2D eigenvalue weighted by molar-refractivity contribution is 0.403. The first-order valence-corrected chi connectivity index (χ1v) is 6.19. The van der Waals surface area contributed by atoms with Crippen LogP contribution in [-0.4, -0.2) is 13.7 Å². The average Bonchev–Trinajstić information content (AvgIpc) is 2.99. The zero-order chi connectivity index (χ0) is 11.2. The summed E-state index contributed by atoms with van der Waals surface area (Å²) in [4.78, 5) is 0. The molecule has 1 saturated carbocycles. The normalized spacial score (nSPS) is 20.6. The van der Waals surface area contributed by atoms with Gasteiger partial charge in [0.25, 0.3) is 0 Å². The van der Waals surface area contributed by atoms with Gasteiger partial charge in [-0.15, -0.1) is 0 Å². The Morgan fingerprint density at radius 3 is 2.50 bits per heavy atom. The molecule has 2 aliphatic carbocycles. The fraction of sp³-hybridized carbons (Fsp3) is 0.571. The van der Waals surface area contributed by atoms with E-state index in [4.69, 9.17) is 10.5 Å². The standard InChI is InChI=1S/C14H19NO/c1-16-13-8-11-4-2-3-10(11)7-12(13)14(9-15)5-6-14/h7-8H,2-6,9,15H2,1H3. The average molecular weight is 217 g/mol. The maximum atomic E-state index is 5.91. The van der Waals surface area contributed by atoms with Crippen LogP contribution in [0, 0.1) is 0 Å². The zero-order valence-corrected chi connectivity index (χ0v) is 9.88. The number of hydrogen-bond donors (Lipinski definition) is 1. The quantitative estimate of drug-likeness (QED) is 0.842. The van der Waals surface area contributed by atoms with Gasteiger partial charge in [-0.1, -0.05) is 6.07 Å². The van der Waals surface area contributed by atoms with Gasteiger partial charge in [-0.05, 0) is 49.3 Å². The summed E-state index contributed by atoms with van der Waals surface area (Å²) in [7, 11) is 1.77. The van der Waals surface area contributed by atoms with Crippen molar-refractivity contribution in [1.82, 2.24) is 0 Å². The van der Waals surface area contributed by atoms with Crippen LogP contribution in [0.15, 0.2) is 12.1 Å². The summed E-state index contributed by atoms with van der Waals surface area (Å²) in [6.45, 7) is 0.752. The van der Waals surface area contributed by atoms with Crippen molar-refractivity contribution in [2.75, 3.05) is 13.7 Å². The monoisotopic (exact) mass is 217 g/mol. The summed E-state index contributed by atoms with van der Waals surface area (Å²) in [5.41, 5.74) is 10.5. The van der Waals surface area contributed by atoms with Gasteiger partial charge in [-0.25, -0.2) is 0 Å². The third-order valence-corrected chi connectivity index (χ3v) is 4.23. The molecule has 2 heteroatoms. The van der Waals surface area contributed by atoms with E-state index in [-0.39, 0.29) is 5.41 Å². The van der Waals surface area contributed by atoms with E-state index in [1.807, 2.05) is 0 Å². The van der Waals surface area contributed by atoms with Crippen molar-refractivity contribution in [2.24, 2.45) is 5.73 Å². The lowest BCUT2D eigenvalue weighted by atomic mass is 9.92. The summed E-state index contributed by atoms with van der Waals surface area (Å²) in [6, 6.07) is 4.61. The van der Waals surface area contributed by atoms with E-state index in [0.717, 1.165) is 12.3 Å². The first-order valence-electron chi connectivity index (χ1n) is 6.19. The van der Waals surface area contributed by atoms with E-state index in [1.165, 1.54) is 48.8 Å². The second-order valence-electron chi connectivity index (χ2n) is 5.16. The molecule has 0 spiro atoms. The second kappa shape index (κ2) is 3.49. The summed E-state index contributed by atoms with van der Waals surface area (Å²) >= 11 is 0. The van der Waals surface area contributed by atoms with Crippen molar-refractivity contribution in [3.05, 3.63) is 28.8 Å². The van der Waals surface area contributed by atoms with Gasteiger partial charge in [0.2, 0.25) is 0 Å². The van der Waals surface area contributed by atoms with Gasteiger partial charge < -0.3 is 10.5 Å². The van der Waals surface area contributed by atoms with Crippen LogP contribution >= 0.6 is 0 Å². The minimum atomic E-state index is 0.239. The highest BCUT2D eigenvalue weighted by atomic mass is 16.5. The fourth-order valence-corrected chi connectivity index (χ4v) is 2.92. The van der Waals surface area contributed by atoms with Crippen molar-refractivity contribution >= 4 is 0 Å². The van der Waals surface area contributed by atoms with Crippen LogP contribution in [0.3, 0.4) is 0 Å². The zero-order valence-electron chi connectivity index (χ0n) is 9.88. The highest BCUT2D eigenvalue weighted by Gasteiger charge is 2.45. The smallest absolute Gasteiger partial charge is 0.122 e. The first kappa shape index (κ1) is 10.2. The number of rotatable bonds is 3. The van der Waals surface area contributed by atoms with Crippen LogP contribution in [0.4, 0.5) is 0 Å². The largest absolute Gasteiger partial charge is 0.496 e. The molecule has 0 aromatic heterocycles. The predicted octanol–water partition coefficient (Wildman–Crippen LogP) is 2.17. The molecule has 0 saturated heterocycles. The Morgan fingerprint density at radius 1 is 1.25 bits per heavy atom. The molecule has 86 valence electrons. The van der Waals surface area contributed by atoms with Crippen LogP contribution < -0.4 is 10.5 Å². The summed E-state index contributed by atoms with van der Waals surface area (Å²) in [6.07, 6.45) is 6.17. The Hall–Kier alpha value is -1.02. The molecule has 1 aromatic rings. The van der Waals surface area contributed by atoms with Gasteiger partial charge in [0.1, 0.15) is 5.75 Å². The van der Waals surface area contributed by atoms with Crippen LogP contribution in [0.2, 0.25) is 0 Å². The van der Waals surface area contributed by atoms with E-state index in [0.29, 0.717) is 0 Å². The predicted molar refractivity (Wildman–Crippen MR) is 65.0 cm³/mol. The SMILES string of the molecule is COc1cc2c(cc1C1(CN)CC1)CCC2. The summed E-state index contributed by atoms with van der Waals surface area (Å²) in [5.74, 6) is 1.06. The van der Waals surface area contributed by atoms with Crippen LogP contribution in [-0.2, 0) is 18.3 Å². The van der Waals surface area contributed by atoms with E-state index in [1.54, 1.807) is 7.11 Å². The fourth-order valence-electron chi connectivity index (χ4n) is 2.92. The molecule has 2 N–H and O–H groups in total. The molecule has 0 radical (unpaired) electrons. The Balaban J connectivity index is 2.09. The first-order chi connectivity index (χ1) is 7.79. The van der Waals surface area contributed by atoms with Crippen molar-refractivity contribution in [2.45, 2.75) is 37.5 Å². The Kier molecular flexibility index (Phi) is 2.21. The molecule has 0 bridgehead atoms. The maximum Gasteiger partial charge on any atom is 0.122 e. The van der Waals surface area contributed by atoms with Crippen molar-refractivity contribution in [3.8, 4) is 5.75 Å². The van der Waals surface area contributed by atoms with Gasteiger partial charge in [0.15, 0.2) is 0 Å². The minimum absolute atomic E-state index is 0.239. The molecule has 16 heavy (non-hydrogen) atoms. The highest BCUT2D eigenvalue weighted by molar-refractivity contribution is 5.50. The number of hydrogen-bond acceptors (Lipinski definition) is 2. The van der Waals surface area contributed by atoms with Gasteiger partial charge in [-0.2, -0.15) is 0 Å². The maximum absolute atomic E-state index is 5.91. The highest BCUT2D eigenvalue weighted by Crippen LogP contribution is 2.51. The van der Waals surface area contributed by atoms with Crippen molar-refractivity contribution in [1.29, 1.82) is 0 Å². The molecular formula is C14H19NO. The molecule has 0 aliphatic heterocycles. The molecule has 0 heterocycles. The minimum Gasteiger partial charge on any atom is -0.496 e. The third kappa shape index (κ3) is 1.36. The lowest BCUT2D eigenvalue weighted by Gasteiger charge is -2.18. The third-order valence-electron chi connectivity index (χ3n) is 4.23. The Labute approximate surface area is 96.8 Å². The molecule has 3 rings (SSSR count). The van der Waals surface area contributed by atoms with Crippen LogP contribution in [0.5, 0.6) is 5.75 Å². The number of nitrogens with two attached hydrogens (primary N) is 1. The molecule has 1 aromatic carbocycles. The molecule has 1 fully saturated rings. The van der Waals surface area contributed by atoms with Gasteiger partial charge in [-0.3, -0.25) is 0 Å². The Morgan fingerprint density at radius 2 is 1.94 bits per heavy atom. The molecular weight excluding hydrogens is 198 g/mol. The Bertz CT molecular complexity index is 421. The van der Waals surface area contributed by atoms with Gasteiger partial charge in [0, 0.05) is 17.5 Å². The molecule has 2 aliphatic rings. The number of aryl methyl sites for hydroxylation is 2. The number of fused-ring (bicyclic) bond motifs is 1. The van der Waals surface area contributed by atoms with E-state index >= 15 is 0 Å². The van der Waals surface area contributed by atoms with Crippen molar-refractivity contribution < 1.29 is 4.74 Å². The molecule has 0 amide bonds. The summed E-state index contributed by atoms with van der Waals surface area (Å²) in [5, 5.41) is 0. The topological polar surface area (TPSA) is 35.2 Å². The van der Waals surface area contributed by atoms with Crippen molar-refractivity contribution in [3.63, 3.8) is 0 Å². The lowest BCUT2D eigenvalue weighted by Crippen LogP contribution is -2.20. The van der Waals surface area contributed by atoms with Gasteiger partial charge >= 0.3 is 0 Å². The van der Waals surface area contributed by atoms with E-state index in [2.05, 4.69) is 12.1 Å². The molecule has 0 atom stereocenters. The number of ether oxygens (including phenoxy) is 1. The number of methoxy groups -OCH3 is 1. The van der Waals surface area contributed by atoms with Crippen LogP contribution in [0.25, 0.3) is 0 Å².